The second-order valence-corrected chi connectivity index (χ2v) is 9.21. The van der Waals surface area contributed by atoms with Crippen molar-refractivity contribution in [2.45, 2.75) is 6.92 Å². The van der Waals surface area contributed by atoms with Crippen LogP contribution in [0.5, 0.6) is 11.5 Å². The SMILES string of the molecule is CCS(=O)(=O)CCNC(=O)c1nn(-c2ccccc2)cc1-c1ccc(OC)c(OC)c1. The van der Waals surface area contributed by atoms with Crippen molar-refractivity contribution in [1.82, 2.24) is 15.1 Å². The molecule has 3 aromatic rings. The average Bonchev–Trinajstić information content (AvgIpc) is 3.24. The molecular formula is C22H25N3O5S. The quantitative estimate of drug-likeness (QED) is 0.546. The van der Waals surface area contributed by atoms with Crippen molar-refractivity contribution in [1.29, 1.82) is 0 Å². The third kappa shape index (κ3) is 5.24. The fourth-order valence-electron chi connectivity index (χ4n) is 3.02. The van der Waals surface area contributed by atoms with Crippen LogP contribution in [0.15, 0.2) is 54.7 Å². The van der Waals surface area contributed by atoms with E-state index in [0.29, 0.717) is 22.6 Å². The number of hydrogen-bond donors (Lipinski definition) is 1. The molecule has 0 aliphatic carbocycles. The van der Waals surface area contributed by atoms with Crippen molar-refractivity contribution in [2.24, 2.45) is 0 Å². The highest BCUT2D eigenvalue weighted by Gasteiger charge is 2.20. The Balaban J connectivity index is 1.99. The summed E-state index contributed by atoms with van der Waals surface area (Å²) in [7, 11) is -0.0966. The van der Waals surface area contributed by atoms with Gasteiger partial charge in [-0.2, -0.15) is 5.10 Å². The van der Waals surface area contributed by atoms with Crippen molar-refractivity contribution in [3.8, 4) is 28.3 Å². The Labute approximate surface area is 181 Å². The average molecular weight is 444 g/mol. The Hall–Kier alpha value is -3.33. The smallest absolute Gasteiger partial charge is 0.272 e. The molecule has 0 unspecified atom stereocenters. The highest BCUT2D eigenvalue weighted by atomic mass is 32.2. The molecule has 9 heteroatoms. The number of rotatable bonds is 9. The van der Waals surface area contributed by atoms with Crippen LogP contribution in [0.4, 0.5) is 0 Å². The molecule has 0 fully saturated rings. The normalized spacial score (nSPS) is 11.2. The summed E-state index contributed by atoms with van der Waals surface area (Å²) >= 11 is 0. The van der Waals surface area contributed by atoms with E-state index in [0.717, 1.165) is 5.69 Å². The van der Waals surface area contributed by atoms with Crippen molar-refractivity contribution < 1.29 is 22.7 Å². The molecule has 0 saturated carbocycles. The lowest BCUT2D eigenvalue weighted by Gasteiger charge is -2.10. The summed E-state index contributed by atoms with van der Waals surface area (Å²) in [5.41, 5.74) is 2.27. The summed E-state index contributed by atoms with van der Waals surface area (Å²) < 4.78 is 35.8. The zero-order valence-corrected chi connectivity index (χ0v) is 18.5. The molecule has 0 radical (unpaired) electrons. The molecule has 0 saturated heterocycles. The van der Waals surface area contributed by atoms with Gasteiger partial charge in [-0.3, -0.25) is 4.79 Å². The van der Waals surface area contributed by atoms with Gasteiger partial charge in [-0.15, -0.1) is 0 Å². The van der Waals surface area contributed by atoms with Crippen molar-refractivity contribution in [3.05, 3.63) is 60.4 Å². The number of carbonyl (C=O) groups is 1. The summed E-state index contributed by atoms with van der Waals surface area (Å²) in [5, 5.41) is 7.14. The van der Waals surface area contributed by atoms with Gasteiger partial charge in [-0.1, -0.05) is 31.2 Å². The van der Waals surface area contributed by atoms with Crippen LogP contribution in [0.1, 0.15) is 17.4 Å². The summed E-state index contributed by atoms with van der Waals surface area (Å²) in [6.07, 6.45) is 1.76. The third-order valence-corrected chi connectivity index (χ3v) is 6.49. The minimum absolute atomic E-state index is 0.0125. The molecule has 164 valence electrons. The van der Waals surface area contributed by atoms with Gasteiger partial charge in [-0.05, 0) is 29.8 Å². The van der Waals surface area contributed by atoms with Crippen molar-refractivity contribution in [2.75, 3.05) is 32.3 Å². The van der Waals surface area contributed by atoms with Gasteiger partial charge in [0.15, 0.2) is 27.0 Å². The third-order valence-electron chi connectivity index (χ3n) is 4.78. The number of nitrogens with one attached hydrogen (secondary N) is 1. The molecule has 3 rings (SSSR count). The van der Waals surface area contributed by atoms with Crippen LogP contribution in [-0.4, -0.2) is 56.4 Å². The second-order valence-electron chi connectivity index (χ2n) is 6.73. The van der Waals surface area contributed by atoms with Gasteiger partial charge in [0.25, 0.3) is 5.91 Å². The van der Waals surface area contributed by atoms with Gasteiger partial charge in [0.1, 0.15) is 0 Å². The van der Waals surface area contributed by atoms with E-state index in [2.05, 4.69) is 10.4 Å². The van der Waals surface area contributed by atoms with Gasteiger partial charge in [0.05, 0.1) is 25.7 Å². The van der Waals surface area contributed by atoms with Crippen LogP contribution >= 0.6 is 0 Å². The van der Waals surface area contributed by atoms with E-state index in [1.165, 1.54) is 7.11 Å². The number of amides is 1. The fourth-order valence-corrected chi connectivity index (χ4v) is 3.72. The molecule has 0 bridgehead atoms. The standard InChI is InChI=1S/C22H25N3O5S/c1-4-31(27,28)13-12-23-22(26)21-18(15-25(24-21)17-8-6-5-7-9-17)16-10-11-19(29-2)20(14-16)30-3/h5-11,14-15H,4,12-13H2,1-3H3,(H,23,26). The zero-order valence-electron chi connectivity index (χ0n) is 17.7. The van der Waals surface area contributed by atoms with E-state index in [-0.39, 0.29) is 23.7 Å². The lowest BCUT2D eigenvalue weighted by atomic mass is 10.1. The maximum absolute atomic E-state index is 12.9. The molecule has 1 amide bonds. The molecule has 31 heavy (non-hydrogen) atoms. The van der Waals surface area contributed by atoms with E-state index < -0.39 is 15.7 Å². The van der Waals surface area contributed by atoms with Crippen molar-refractivity contribution >= 4 is 15.7 Å². The number of benzene rings is 2. The Morgan fingerprint density at radius 1 is 1.06 bits per heavy atom. The van der Waals surface area contributed by atoms with Crippen LogP contribution in [0, 0.1) is 0 Å². The summed E-state index contributed by atoms with van der Waals surface area (Å²) in [4.78, 5) is 12.9. The number of nitrogens with zero attached hydrogens (tertiary/aromatic N) is 2. The second kappa shape index (κ2) is 9.65. The Morgan fingerprint density at radius 2 is 1.77 bits per heavy atom. The van der Waals surface area contributed by atoms with Crippen LogP contribution in [0.2, 0.25) is 0 Å². The van der Waals surface area contributed by atoms with E-state index >= 15 is 0 Å². The molecule has 1 heterocycles. The predicted molar refractivity (Wildman–Crippen MR) is 119 cm³/mol. The topological polar surface area (TPSA) is 99.5 Å². The highest BCUT2D eigenvalue weighted by Crippen LogP contribution is 2.34. The molecule has 1 N–H and O–H groups in total. The molecule has 1 aromatic heterocycles. The summed E-state index contributed by atoms with van der Waals surface area (Å²) in [5.74, 6) is 0.541. The lowest BCUT2D eigenvalue weighted by molar-refractivity contribution is 0.0951. The van der Waals surface area contributed by atoms with Gasteiger partial charge >= 0.3 is 0 Å². The lowest BCUT2D eigenvalue weighted by Crippen LogP contribution is -2.30. The minimum Gasteiger partial charge on any atom is -0.493 e. The molecular weight excluding hydrogens is 418 g/mol. The van der Waals surface area contributed by atoms with Gasteiger partial charge in [-0.25, -0.2) is 13.1 Å². The molecule has 0 spiro atoms. The Kier molecular flexibility index (Phi) is 6.96. The van der Waals surface area contributed by atoms with Crippen LogP contribution < -0.4 is 14.8 Å². The first-order valence-electron chi connectivity index (χ1n) is 9.74. The molecule has 0 aliphatic rings. The molecule has 0 atom stereocenters. The molecule has 2 aromatic carbocycles. The highest BCUT2D eigenvalue weighted by molar-refractivity contribution is 7.91. The zero-order chi connectivity index (χ0) is 22.4. The molecule has 8 nitrogen and oxygen atoms in total. The first-order valence-corrected chi connectivity index (χ1v) is 11.6. The first kappa shape index (κ1) is 22.4. The van der Waals surface area contributed by atoms with Crippen molar-refractivity contribution in [3.63, 3.8) is 0 Å². The van der Waals surface area contributed by atoms with E-state index in [4.69, 9.17) is 9.47 Å². The van der Waals surface area contributed by atoms with E-state index in [9.17, 15) is 13.2 Å². The summed E-state index contributed by atoms with van der Waals surface area (Å²) in [6, 6.07) is 14.7. The Morgan fingerprint density at radius 3 is 2.42 bits per heavy atom. The van der Waals surface area contributed by atoms with Gasteiger partial charge < -0.3 is 14.8 Å². The number of ether oxygens (including phenoxy) is 2. The maximum atomic E-state index is 12.9. The van der Waals surface area contributed by atoms with Gasteiger partial charge in [0.2, 0.25) is 0 Å². The number of carbonyl (C=O) groups excluding carboxylic acids is 1. The predicted octanol–water partition coefficient (Wildman–Crippen LogP) is 2.72. The number of hydrogen-bond acceptors (Lipinski definition) is 6. The monoisotopic (exact) mass is 443 g/mol. The van der Waals surface area contributed by atoms with Gasteiger partial charge in [0, 0.05) is 24.1 Å². The Bertz CT molecular complexity index is 1160. The fraction of sp³-hybridized carbons (Fsp3) is 0.273. The maximum Gasteiger partial charge on any atom is 0.272 e. The first-order chi connectivity index (χ1) is 14.9. The minimum atomic E-state index is -3.18. The number of sulfone groups is 1. The van der Waals surface area contributed by atoms with E-state index in [1.807, 2.05) is 36.4 Å². The van der Waals surface area contributed by atoms with Crippen LogP contribution in [0.3, 0.4) is 0 Å². The van der Waals surface area contributed by atoms with E-state index in [1.54, 1.807) is 37.0 Å². The number of para-hydroxylation sites is 1. The molecule has 0 aliphatic heterocycles. The van der Waals surface area contributed by atoms with Crippen LogP contribution in [-0.2, 0) is 9.84 Å². The summed E-state index contributed by atoms with van der Waals surface area (Å²) in [6.45, 7) is 1.59. The van der Waals surface area contributed by atoms with Crippen LogP contribution in [0.25, 0.3) is 16.8 Å². The number of aromatic nitrogens is 2. The number of methoxy groups -OCH3 is 2. The largest absolute Gasteiger partial charge is 0.493 e.